The van der Waals surface area contributed by atoms with E-state index in [1.54, 1.807) is 35.9 Å². The monoisotopic (exact) mass is 509 g/mol. The molecule has 33 heavy (non-hydrogen) atoms. The van der Waals surface area contributed by atoms with Gasteiger partial charge in [-0.05, 0) is 36.2 Å². The molecule has 0 aliphatic rings. The number of rotatable bonds is 8. The molecule has 0 spiro atoms. The Bertz CT molecular complexity index is 1170. The molecule has 2 N–H and O–H groups in total. The van der Waals surface area contributed by atoms with Gasteiger partial charge in [-0.1, -0.05) is 60.9 Å². The first-order valence-electron chi connectivity index (χ1n) is 9.99. The summed E-state index contributed by atoms with van der Waals surface area (Å²) in [7, 11) is 1.76. The molecule has 174 valence electrons. The highest BCUT2D eigenvalue weighted by atomic mass is 35.5. The summed E-state index contributed by atoms with van der Waals surface area (Å²) in [5.74, 6) is -0.648. The van der Waals surface area contributed by atoms with Crippen molar-refractivity contribution in [2.24, 2.45) is 13.0 Å². The van der Waals surface area contributed by atoms with Crippen LogP contribution in [0.3, 0.4) is 0 Å². The Morgan fingerprint density at radius 3 is 2.52 bits per heavy atom. The second-order valence-corrected chi connectivity index (χ2v) is 9.30. The number of halogens is 3. The lowest BCUT2D eigenvalue weighted by Crippen LogP contribution is -2.33. The third-order valence-corrected chi connectivity index (χ3v) is 6.52. The molecule has 3 rings (SSSR count). The molecular formula is C22H22Cl2FN5O2S. The van der Waals surface area contributed by atoms with Crippen LogP contribution in [-0.2, 0) is 11.8 Å². The number of thioether (sulfide) groups is 1. The molecule has 0 bridgehead atoms. The molecule has 0 saturated carbocycles. The maximum atomic E-state index is 13.7. The fourth-order valence-electron chi connectivity index (χ4n) is 2.99. The summed E-state index contributed by atoms with van der Waals surface area (Å²) in [5.41, 5.74) is 0.489. The Balaban J connectivity index is 1.68. The largest absolute Gasteiger partial charge is 0.342 e. The standard InChI is InChI=1S/C22H22Cl2FN5O2S/c1-12(2)19(27-21(32)13-8-9-14(23)15(24)10-13)20-28-29-22(30(20)3)33-11-18(31)26-17-7-5-4-6-16(17)25/h4-10,12,19H,11H2,1-3H3,(H,26,31)(H,27,32)/t19-/m0/s1. The quantitative estimate of drug-likeness (QED) is 0.411. The first kappa shape index (κ1) is 25.0. The SMILES string of the molecule is CC(C)[C@H](NC(=O)c1ccc(Cl)c(Cl)c1)c1nnc(SCC(=O)Nc2ccccc2F)n1C. The minimum absolute atomic E-state index is 0.00169. The Kier molecular flexibility index (Phi) is 8.34. The van der Waals surface area contributed by atoms with Crippen molar-refractivity contribution in [2.75, 3.05) is 11.1 Å². The number of para-hydroxylation sites is 1. The molecule has 2 amide bonds. The van der Waals surface area contributed by atoms with E-state index in [4.69, 9.17) is 23.2 Å². The van der Waals surface area contributed by atoms with Crippen molar-refractivity contribution in [1.82, 2.24) is 20.1 Å². The molecule has 0 unspecified atom stereocenters. The van der Waals surface area contributed by atoms with Crippen LogP contribution in [0.15, 0.2) is 47.6 Å². The smallest absolute Gasteiger partial charge is 0.251 e. The van der Waals surface area contributed by atoms with Gasteiger partial charge in [0, 0.05) is 12.6 Å². The first-order valence-corrected chi connectivity index (χ1v) is 11.7. The van der Waals surface area contributed by atoms with E-state index in [1.165, 1.54) is 18.2 Å². The summed E-state index contributed by atoms with van der Waals surface area (Å²) >= 11 is 13.1. The number of amides is 2. The van der Waals surface area contributed by atoms with Gasteiger partial charge in [0.15, 0.2) is 11.0 Å². The van der Waals surface area contributed by atoms with Gasteiger partial charge in [-0.2, -0.15) is 0 Å². The van der Waals surface area contributed by atoms with Crippen LogP contribution in [-0.4, -0.2) is 32.3 Å². The van der Waals surface area contributed by atoms with Gasteiger partial charge < -0.3 is 15.2 Å². The molecule has 0 radical (unpaired) electrons. The van der Waals surface area contributed by atoms with Gasteiger partial charge >= 0.3 is 0 Å². The minimum Gasteiger partial charge on any atom is -0.342 e. The number of benzene rings is 2. The van der Waals surface area contributed by atoms with Gasteiger partial charge in [0.25, 0.3) is 5.91 Å². The van der Waals surface area contributed by atoms with E-state index < -0.39 is 11.9 Å². The van der Waals surface area contributed by atoms with Crippen LogP contribution in [0.5, 0.6) is 0 Å². The van der Waals surface area contributed by atoms with Gasteiger partial charge in [-0.25, -0.2) is 4.39 Å². The lowest BCUT2D eigenvalue weighted by atomic mass is 10.0. The van der Waals surface area contributed by atoms with Crippen LogP contribution in [0, 0.1) is 11.7 Å². The molecular weight excluding hydrogens is 488 g/mol. The predicted octanol–water partition coefficient (Wildman–Crippen LogP) is 5.12. The average molecular weight is 510 g/mol. The van der Waals surface area contributed by atoms with Gasteiger partial charge in [-0.3, -0.25) is 9.59 Å². The molecule has 0 aliphatic carbocycles. The van der Waals surface area contributed by atoms with Crippen LogP contribution in [0.2, 0.25) is 10.0 Å². The molecule has 0 saturated heterocycles. The van der Waals surface area contributed by atoms with E-state index in [1.807, 2.05) is 13.8 Å². The van der Waals surface area contributed by atoms with Crippen LogP contribution in [0.1, 0.15) is 36.1 Å². The number of hydrogen-bond donors (Lipinski definition) is 2. The zero-order valence-corrected chi connectivity index (χ0v) is 20.4. The lowest BCUT2D eigenvalue weighted by Gasteiger charge is -2.22. The molecule has 1 aromatic heterocycles. The van der Waals surface area contributed by atoms with E-state index in [-0.39, 0.29) is 34.2 Å². The number of nitrogens with zero attached hydrogens (tertiary/aromatic N) is 3. The summed E-state index contributed by atoms with van der Waals surface area (Å²) in [5, 5.41) is 15.0. The third-order valence-electron chi connectivity index (χ3n) is 4.76. The molecule has 2 aromatic carbocycles. The second-order valence-electron chi connectivity index (χ2n) is 7.54. The number of carbonyl (C=O) groups excluding carboxylic acids is 2. The number of anilines is 1. The summed E-state index contributed by atoms with van der Waals surface area (Å²) < 4.78 is 15.4. The van der Waals surface area contributed by atoms with E-state index in [0.29, 0.717) is 21.6 Å². The maximum absolute atomic E-state index is 13.7. The Labute approximate surface area is 205 Å². The van der Waals surface area contributed by atoms with Crippen molar-refractivity contribution in [1.29, 1.82) is 0 Å². The van der Waals surface area contributed by atoms with Crippen molar-refractivity contribution < 1.29 is 14.0 Å². The Morgan fingerprint density at radius 1 is 1.12 bits per heavy atom. The van der Waals surface area contributed by atoms with Crippen molar-refractivity contribution in [2.45, 2.75) is 25.0 Å². The highest BCUT2D eigenvalue weighted by Crippen LogP contribution is 2.26. The minimum atomic E-state index is -0.505. The molecule has 11 heteroatoms. The van der Waals surface area contributed by atoms with Crippen molar-refractivity contribution in [3.63, 3.8) is 0 Å². The van der Waals surface area contributed by atoms with Crippen LogP contribution >= 0.6 is 35.0 Å². The van der Waals surface area contributed by atoms with Crippen molar-refractivity contribution in [3.05, 3.63) is 69.7 Å². The molecule has 1 heterocycles. The fourth-order valence-corrected chi connectivity index (χ4v) is 4.01. The predicted molar refractivity (Wildman–Crippen MR) is 128 cm³/mol. The third kappa shape index (κ3) is 6.25. The van der Waals surface area contributed by atoms with Crippen LogP contribution < -0.4 is 10.6 Å². The van der Waals surface area contributed by atoms with Crippen molar-refractivity contribution >= 4 is 52.5 Å². The van der Waals surface area contributed by atoms with Gasteiger partial charge in [0.2, 0.25) is 5.91 Å². The summed E-state index contributed by atoms with van der Waals surface area (Å²) in [6.07, 6.45) is 0. The van der Waals surface area contributed by atoms with Crippen molar-refractivity contribution in [3.8, 4) is 0 Å². The zero-order chi connectivity index (χ0) is 24.1. The average Bonchev–Trinajstić information content (AvgIpc) is 3.13. The number of nitrogens with one attached hydrogen (secondary N) is 2. The van der Waals surface area contributed by atoms with E-state index in [9.17, 15) is 14.0 Å². The summed E-state index contributed by atoms with van der Waals surface area (Å²) in [6, 6.07) is 10.2. The van der Waals surface area contributed by atoms with Gasteiger partial charge in [0.1, 0.15) is 5.82 Å². The van der Waals surface area contributed by atoms with Gasteiger partial charge in [0.05, 0.1) is 27.5 Å². The van der Waals surface area contributed by atoms with E-state index >= 15 is 0 Å². The molecule has 0 fully saturated rings. The summed E-state index contributed by atoms with van der Waals surface area (Å²) in [4.78, 5) is 25.0. The van der Waals surface area contributed by atoms with E-state index in [0.717, 1.165) is 11.8 Å². The van der Waals surface area contributed by atoms with Crippen LogP contribution in [0.25, 0.3) is 0 Å². The molecule has 0 aliphatic heterocycles. The zero-order valence-electron chi connectivity index (χ0n) is 18.1. The summed E-state index contributed by atoms with van der Waals surface area (Å²) in [6.45, 7) is 3.90. The lowest BCUT2D eigenvalue weighted by molar-refractivity contribution is -0.113. The molecule has 1 atom stereocenters. The fraction of sp³-hybridized carbons (Fsp3) is 0.273. The molecule has 7 nitrogen and oxygen atoms in total. The normalized spacial score (nSPS) is 12.0. The topological polar surface area (TPSA) is 88.9 Å². The Morgan fingerprint density at radius 2 is 1.85 bits per heavy atom. The Hall–Kier alpha value is -2.62. The second kappa shape index (κ2) is 11.0. The molecule has 3 aromatic rings. The van der Waals surface area contributed by atoms with Gasteiger partial charge in [-0.15, -0.1) is 10.2 Å². The first-order chi connectivity index (χ1) is 15.7. The maximum Gasteiger partial charge on any atom is 0.251 e. The highest BCUT2D eigenvalue weighted by molar-refractivity contribution is 7.99. The number of carbonyl (C=O) groups is 2. The highest BCUT2D eigenvalue weighted by Gasteiger charge is 2.25. The number of hydrogen-bond acceptors (Lipinski definition) is 5. The number of aromatic nitrogens is 3. The van der Waals surface area contributed by atoms with Crippen LogP contribution in [0.4, 0.5) is 10.1 Å². The van der Waals surface area contributed by atoms with E-state index in [2.05, 4.69) is 20.8 Å².